The number of nitrogens with one attached hydrogen (secondary N) is 1. The van der Waals surface area contributed by atoms with E-state index in [-0.39, 0.29) is 11.2 Å². The summed E-state index contributed by atoms with van der Waals surface area (Å²) in [4.78, 5) is 31.3. The molecule has 0 fully saturated rings. The van der Waals surface area contributed by atoms with Crippen molar-refractivity contribution in [1.82, 2.24) is 9.97 Å². The van der Waals surface area contributed by atoms with Crippen LogP contribution in [0.25, 0.3) is 21.3 Å². The van der Waals surface area contributed by atoms with Crippen LogP contribution in [0.2, 0.25) is 0 Å². The van der Waals surface area contributed by atoms with Crippen molar-refractivity contribution in [2.45, 2.75) is 26.2 Å². The van der Waals surface area contributed by atoms with Gasteiger partial charge in [0.15, 0.2) is 0 Å². The van der Waals surface area contributed by atoms with Crippen molar-refractivity contribution in [3.05, 3.63) is 91.3 Å². The number of benzene rings is 2. The van der Waals surface area contributed by atoms with Crippen molar-refractivity contribution in [1.29, 1.82) is 0 Å². The van der Waals surface area contributed by atoms with Crippen molar-refractivity contribution in [3.63, 3.8) is 0 Å². The van der Waals surface area contributed by atoms with Crippen LogP contribution in [0.3, 0.4) is 0 Å². The van der Waals surface area contributed by atoms with E-state index in [2.05, 4.69) is 35.9 Å². The first-order chi connectivity index (χ1) is 13.9. The molecule has 0 aliphatic carbocycles. The molecule has 7 heteroatoms. The van der Waals surface area contributed by atoms with Gasteiger partial charge in [-0.15, -0.1) is 11.3 Å². The predicted octanol–water partition coefficient (Wildman–Crippen LogP) is 5.27. The number of H-pyrrole nitrogens is 1. The smallest absolute Gasteiger partial charge is 0.269 e. The van der Waals surface area contributed by atoms with E-state index in [9.17, 15) is 14.9 Å². The van der Waals surface area contributed by atoms with Crippen LogP contribution in [0.4, 0.5) is 5.69 Å². The number of thiophene rings is 1. The lowest BCUT2D eigenvalue weighted by molar-refractivity contribution is -0.384. The van der Waals surface area contributed by atoms with E-state index in [0.717, 1.165) is 16.7 Å². The van der Waals surface area contributed by atoms with E-state index in [1.165, 1.54) is 29.0 Å². The number of non-ortho nitro benzene ring substituents is 1. The molecule has 146 valence electrons. The first-order valence-corrected chi connectivity index (χ1v) is 10.1. The highest BCUT2D eigenvalue weighted by molar-refractivity contribution is 7.17. The Morgan fingerprint density at radius 2 is 1.79 bits per heavy atom. The summed E-state index contributed by atoms with van der Waals surface area (Å²) in [5.41, 5.74) is 3.85. The van der Waals surface area contributed by atoms with Crippen LogP contribution >= 0.6 is 11.3 Å². The molecule has 4 aromatic rings. The summed E-state index contributed by atoms with van der Waals surface area (Å²) in [5, 5.41) is 13.3. The molecule has 0 atom stereocenters. The van der Waals surface area contributed by atoms with Gasteiger partial charge >= 0.3 is 0 Å². The van der Waals surface area contributed by atoms with Gasteiger partial charge in [0.2, 0.25) is 0 Å². The summed E-state index contributed by atoms with van der Waals surface area (Å²) in [5.74, 6) is 0.996. The Balaban J connectivity index is 1.66. The molecule has 0 saturated carbocycles. The Morgan fingerprint density at radius 3 is 2.41 bits per heavy atom. The standard InChI is InChI=1S/C22H19N3O3S/c1-13(2)15-5-7-16(8-6-15)18-12-29-22-20(18)21(26)23-19(24-22)11-14-3-9-17(10-4-14)25(27)28/h3-10,12-13H,11H2,1-2H3,(H,23,24,26). The lowest BCUT2D eigenvalue weighted by Gasteiger charge is -2.06. The SMILES string of the molecule is CC(C)c1ccc(-c2csc3nc(Cc4ccc([N+](=O)[O-])cc4)[nH]c(=O)c23)cc1. The fraction of sp³-hybridized carbons (Fsp3) is 0.182. The number of aromatic nitrogens is 2. The van der Waals surface area contributed by atoms with Crippen molar-refractivity contribution in [2.24, 2.45) is 0 Å². The Morgan fingerprint density at radius 1 is 1.10 bits per heavy atom. The minimum Gasteiger partial charge on any atom is -0.310 e. The van der Waals surface area contributed by atoms with Crippen LogP contribution in [0, 0.1) is 10.1 Å². The molecule has 2 aromatic heterocycles. The highest BCUT2D eigenvalue weighted by Crippen LogP contribution is 2.31. The van der Waals surface area contributed by atoms with Crippen LogP contribution in [0.15, 0.2) is 58.7 Å². The quantitative estimate of drug-likeness (QED) is 0.362. The molecular weight excluding hydrogens is 386 g/mol. The third kappa shape index (κ3) is 3.82. The van der Waals surface area contributed by atoms with Gasteiger partial charge in [-0.2, -0.15) is 0 Å². The van der Waals surface area contributed by atoms with Crippen LogP contribution in [-0.2, 0) is 6.42 Å². The highest BCUT2D eigenvalue weighted by atomic mass is 32.1. The largest absolute Gasteiger partial charge is 0.310 e. The summed E-state index contributed by atoms with van der Waals surface area (Å²) in [7, 11) is 0. The molecule has 4 rings (SSSR count). The summed E-state index contributed by atoms with van der Waals surface area (Å²) in [6.07, 6.45) is 0.402. The summed E-state index contributed by atoms with van der Waals surface area (Å²) in [6, 6.07) is 14.5. The van der Waals surface area contributed by atoms with Gasteiger partial charge in [-0.3, -0.25) is 14.9 Å². The molecule has 0 aliphatic rings. The number of nitrogens with zero attached hydrogens (tertiary/aromatic N) is 2. The molecule has 0 amide bonds. The normalized spacial score (nSPS) is 11.3. The Labute approximate surface area is 171 Å². The molecule has 2 heterocycles. The second kappa shape index (κ2) is 7.60. The van der Waals surface area contributed by atoms with Gasteiger partial charge in [-0.25, -0.2) is 4.98 Å². The van der Waals surface area contributed by atoms with Gasteiger partial charge in [0.1, 0.15) is 10.7 Å². The van der Waals surface area contributed by atoms with E-state index in [4.69, 9.17) is 0 Å². The summed E-state index contributed by atoms with van der Waals surface area (Å²) in [6.45, 7) is 4.30. The molecule has 29 heavy (non-hydrogen) atoms. The highest BCUT2D eigenvalue weighted by Gasteiger charge is 2.14. The summed E-state index contributed by atoms with van der Waals surface area (Å²) < 4.78 is 0. The van der Waals surface area contributed by atoms with E-state index in [0.29, 0.717) is 28.4 Å². The van der Waals surface area contributed by atoms with Gasteiger partial charge in [0.25, 0.3) is 11.2 Å². The van der Waals surface area contributed by atoms with Crippen molar-refractivity contribution >= 4 is 27.2 Å². The van der Waals surface area contributed by atoms with Gasteiger partial charge in [-0.1, -0.05) is 50.2 Å². The minimum absolute atomic E-state index is 0.0389. The average molecular weight is 405 g/mol. The fourth-order valence-electron chi connectivity index (χ4n) is 3.27. The predicted molar refractivity (Wildman–Crippen MR) is 116 cm³/mol. The monoisotopic (exact) mass is 405 g/mol. The van der Waals surface area contributed by atoms with E-state index >= 15 is 0 Å². The molecule has 2 aromatic carbocycles. The van der Waals surface area contributed by atoms with E-state index in [1.54, 1.807) is 12.1 Å². The number of nitro benzene ring substituents is 1. The number of fused-ring (bicyclic) bond motifs is 1. The maximum atomic E-state index is 12.8. The molecule has 0 bridgehead atoms. The molecule has 0 aliphatic heterocycles. The first-order valence-electron chi connectivity index (χ1n) is 9.26. The van der Waals surface area contributed by atoms with E-state index in [1.807, 2.05) is 17.5 Å². The average Bonchev–Trinajstić information content (AvgIpc) is 3.13. The lowest BCUT2D eigenvalue weighted by atomic mass is 9.99. The number of rotatable bonds is 5. The number of hydrogen-bond acceptors (Lipinski definition) is 5. The third-order valence-corrected chi connectivity index (χ3v) is 5.77. The lowest BCUT2D eigenvalue weighted by Crippen LogP contribution is -2.11. The molecular formula is C22H19N3O3S. The second-order valence-electron chi connectivity index (χ2n) is 7.22. The van der Waals surface area contributed by atoms with Crippen molar-refractivity contribution in [3.8, 4) is 11.1 Å². The number of nitro groups is 1. The topological polar surface area (TPSA) is 88.9 Å². The van der Waals surface area contributed by atoms with Gasteiger partial charge < -0.3 is 4.98 Å². The van der Waals surface area contributed by atoms with Crippen LogP contribution < -0.4 is 5.56 Å². The molecule has 0 saturated heterocycles. The van der Waals surface area contributed by atoms with Crippen LogP contribution in [-0.4, -0.2) is 14.9 Å². The Bertz CT molecular complexity index is 1240. The zero-order valence-corrected chi connectivity index (χ0v) is 16.8. The molecule has 6 nitrogen and oxygen atoms in total. The van der Waals surface area contributed by atoms with E-state index < -0.39 is 4.92 Å². The summed E-state index contributed by atoms with van der Waals surface area (Å²) >= 11 is 1.44. The van der Waals surface area contributed by atoms with Gasteiger partial charge in [0, 0.05) is 29.5 Å². The Kier molecular flexibility index (Phi) is 4.98. The first kappa shape index (κ1) is 19.0. The molecule has 0 radical (unpaired) electrons. The fourth-order valence-corrected chi connectivity index (χ4v) is 4.23. The molecule has 0 spiro atoms. The van der Waals surface area contributed by atoms with Crippen LogP contribution in [0.1, 0.15) is 36.7 Å². The second-order valence-corrected chi connectivity index (χ2v) is 8.08. The Hall–Kier alpha value is -3.32. The number of aromatic amines is 1. The van der Waals surface area contributed by atoms with Crippen molar-refractivity contribution in [2.75, 3.05) is 0 Å². The molecule has 1 N–H and O–H groups in total. The van der Waals surface area contributed by atoms with Crippen molar-refractivity contribution < 1.29 is 4.92 Å². The maximum absolute atomic E-state index is 12.8. The molecule has 0 unspecified atom stereocenters. The van der Waals surface area contributed by atoms with Crippen LogP contribution in [0.5, 0.6) is 0 Å². The zero-order chi connectivity index (χ0) is 20.5. The number of hydrogen-bond donors (Lipinski definition) is 1. The van der Waals surface area contributed by atoms with Gasteiger partial charge in [-0.05, 0) is 22.6 Å². The minimum atomic E-state index is -0.434. The van der Waals surface area contributed by atoms with Gasteiger partial charge in [0.05, 0.1) is 10.3 Å². The zero-order valence-electron chi connectivity index (χ0n) is 16.0. The maximum Gasteiger partial charge on any atom is 0.269 e. The third-order valence-electron chi connectivity index (χ3n) is 4.90.